The van der Waals surface area contributed by atoms with Crippen molar-refractivity contribution in [1.29, 1.82) is 0 Å². The molecule has 0 aliphatic heterocycles. The van der Waals surface area contributed by atoms with Crippen LogP contribution in [-0.2, 0) is 11.3 Å². The summed E-state index contributed by atoms with van der Waals surface area (Å²) < 4.78 is 16.6. The summed E-state index contributed by atoms with van der Waals surface area (Å²) in [7, 11) is 3.42. The number of hydrogen-bond acceptors (Lipinski definition) is 4. The fourth-order valence-corrected chi connectivity index (χ4v) is 2.58. The maximum absolute atomic E-state index is 5.99. The van der Waals surface area contributed by atoms with Crippen molar-refractivity contribution >= 4 is 29.9 Å². The van der Waals surface area contributed by atoms with Gasteiger partial charge in [-0.25, -0.2) is 0 Å². The van der Waals surface area contributed by atoms with Gasteiger partial charge in [0.2, 0.25) is 0 Å². The number of aryl methyl sites for hydroxylation is 1. The second kappa shape index (κ2) is 14.1. The fraction of sp³-hybridized carbons (Fsp3) is 0.409. The molecule has 2 aromatic carbocycles. The molecule has 6 nitrogen and oxygen atoms in total. The Kier molecular flexibility index (Phi) is 12.1. The normalized spacial score (nSPS) is 11.9. The lowest BCUT2D eigenvalue weighted by molar-refractivity contribution is 0.146. The first kappa shape index (κ1) is 25.0. The van der Waals surface area contributed by atoms with Gasteiger partial charge in [-0.1, -0.05) is 30.3 Å². The Bertz CT molecular complexity index is 756. The average Bonchev–Trinajstić information content (AvgIpc) is 2.70. The van der Waals surface area contributed by atoms with Crippen LogP contribution in [0, 0.1) is 6.92 Å². The van der Waals surface area contributed by atoms with Crippen LogP contribution in [0.1, 0.15) is 18.1 Å². The first-order chi connectivity index (χ1) is 13.6. The molecular weight excluding hydrogens is 481 g/mol. The van der Waals surface area contributed by atoms with E-state index in [0.29, 0.717) is 26.3 Å². The maximum atomic E-state index is 5.99. The molecule has 0 saturated carbocycles. The lowest BCUT2D eigenvalue weighted by atomic mass is 10.2. The minimum absolute atomic E-state index is 0. The topological polar surface area (TPSA) is 64.1 Å². The zero-order chi connectivity index (χ0) is 20.2. The lowest BCUT2D eigenvalue weighted by Crippen LogP contribution is -2.41. The first-order valence-electron chi connectivity index (χ1n) is 9.50. The number of nitrogens with one attached hydrogen (secondary N) is 2. The molecular formula is C22H32IN3O3. The van der Waals surface area contributed by atoms with Crippen LogP contribution >= 0.6 is 24.0 Å². The second-order valence-corrected chi connectivity index (χ2v) is 6.49. The number of ether oxygens (including phenoxy) is 3. The second-order valence-electron chi connectivity index (χ2n) is 6.49. The molecule has 0 amide bonds. The molecule has 29 heavy (non-hydrogen) atoms. The number of benzene rings is 2. The van der Waals surface area contributed by atoms with Crippen LogP contribution in [0.3, 0.4) is 0 Å². The zero-order valence-electron chi connectivity index (χ0n) is 17.6. The Hall–Kier alpha value is -2.00. The monoisotopic (exact) mass is 513 g/mol. The van der Waals surface area contributed by atoms with Gasteiger partial charge in [-0.05, 0) is 43.2 Å². The summed E-state index contributed by atoms with van der Waals surface area (Å²) in [6.07, 6.45) is 0.0113. The Balaban J connectivity index is 0.00000420. The van der Waals surface area contributed by atoms with E-state index in [0.717, 1.165) is 28.6 Å². The van der Waals surface area contributed by atoms with Crippen molar-refractivity contribution in [3.05, 3.63) is 59.7 Å². The molecule has 0 fully saturated rings. The van der Waals surface area contributed by atoms with E-state index in [2.05, 4.69) is 15.6 Å². The number of guanidine groups is 1. The van der Waals surface area contributed by atoms with Gasteiger partial charge in [-0.15, -0.1) is 24.0 Å². The summed E-state index contributed by atoms with van der Waals surface area (Å²) in [5.74, 6) is 2.47. The predicted octanol–water partition coefficient (Wildman–Crippen LogP) is 3.77. The van der Waals surface area contributed by atoms with E-state index in [1.807, 2.05) is 62.4 Å². The molecule has 0 bridgehead atoms. The highest BCUT2D eigenvalue weighted by Gasteiger charge is 2.07. The molecule has 1 atom stereocenters. The molecule has 2 N–H and O–H groups in total. The van der Waals surface area contributed by atoms with Crippen LogP contribution in [0.4, 0.5) is 0 Å². The smallest absolute Gasteiger partial charge is 0.191 e. The van der Waals surface area contributed by atoms with Gasteiger partial charge in [0.1, 0.15) is 24.2 Å². The van der Waals surface area contributed by atoms with E-state index in [4.69, 9.17) is 14.2 Å². The number of aliphatic imine (C=N–C) groups is 1. The number of nitrogens with zero attached hydrogens (tertiary/aromatic N) is 1. The minimum Gasteiger partial charge on any atom is -0.491 e. The van der Waals surface area contributed by atoms with Crippen LogP contribution in [0.5, 0.6) is 11.5 Å². The van der Waals surface area contributed by atoms with Crippen molar-refractivity contribution in [2.75, 3.05) is 33.9 Å². The Morgan fingerprint density at radius 2 is 1.86 bits per heavy atom. The Morgan fingerprint density at radius 3 is 2.59 bits per heavy atom. The van der Waals surface area contributed by atoms with Crippen LogP contribution < -0.4 is 20.1 Å². The summed E-state index contributed by atoms with van der Waals surface area (Å²) in [4.78, 5) is 4.27. The van der Waals surface area contributed by atoms with Crippen molar-refractivity contribution in [3.8, 4) is 11.5 Å². The van der Waals surface area contributed by atoms with Crippen LogP contribution in [0.25, 0.3) is 0 Å². The molecule has 2 rings (SSSR count). The molecule has 0 heterocycles. The van der Waals surface area contributed by atoms with Crippen molar-refractivity contribution in [2.45, 2.75) is 26.5 Å². The first-order valence-corrected chi connectivity index (χ1v) is 9.50. The number of para-hydroxylation sites is 1. The molecule has 0 aliphatic rings. The van der Waals surface area contributed by atoms with Gasteiger partial charge in [0, 0.05) is 20.7 Å². The molecule has 7 heteroatoms. The molecule has 0 radical (unpaired) electrons. The minimum atomic E-state index is 0. The van der Waals surface area contributed by atoms with E-state index in [9.17, 15) is 0 Å². The molecule has 160 valence electrons. The van der Waals surface area contributed by atoms with Crippen molar-refractivity contribution < 1.29 is 14.2 Å². The predicted molar refractivity (Wildman–Crippen MR) is 129 cm³/mol. The van der Waals surface area contributed by atoms with Gasteiger partial charge in [-0.2, -0.15) is 0 Å². The van der Waals surface area contributed by atoms with E-state index < -0.39 is 0 Å². The van der Waals surface area contributed by atoms with E-state index >= 15 is 0 Å². The third-order valence-corrected chi connectivity index (χ3v) is 4.12. The highest BCUT2D eigenvalue weighted by Crippen LogP contribution is 2.17. The lowest BCUT2D eigenvalue weighted by Gasteiger charge is -2.19. The molecule has 0 aromatic heterocycles. The van der Waals surface area contributed by atoms with Crippen molar-refractivity contribution in [2.24, 2.45) is 4.99 Å². The van der Waals surface area contributed by atoms with Crippen LogP contribution in [0.2, 0.25) is 0 Å². The van der Waals surface area contributed by atoms with Gasteiger partial charge in [0.15, 0.2) is 5.96 Å². The number of rotatable bonds is 10. The van der Waals surface area contributed by atoms with E-state index in [1.54, 1.807) is 14.2 Å². The summed E-state index contributed by atoms with van der Waals surface area (Å²) >= 11 is 0. The molecule has 0 spiro atoms. The third kappa shape index (κ3) is 9.36. The molecule has 2 aromatic rings. The Labute approximate surface area is 191 Å². The highest BCUT2D eigenvalue weighted by atomic mass is 127. The van der Waals surface area contributed by atoms with E-state index in [1.165, 1.54) is 0 Å². The molecule has 1 unspecified atom stereocenters. The van der Waals surface area contributed by atoms with Crippen LogP contribution in [-0.4, -0.2) is 46.0 Å². The number of halogens is 1. The molecule has 0 saturated heterocycles. The van der Waals surface area contributed by atoms with Crippen molar-refractivity contribution in [1.82, 2.24) is 10.6 Å². The summed E-state index contributed by atoms with van der Waals surface area (Å²) in [5.41, 5.74) is 2.24. The van der Waals surface area contributed by atoms with E-state index in [-0.39, 0.29) is 30.1 Å². The van der Waals surface area contributed by atoms with Gasteiger partial charge in [0.05, 0.1) is 13.2 Å². The SMILES string of the molecule is CN=C(NCc1cccc(OCCOC)c1)NCC(C)Oc1ccccc1C.I. The number of hydrogen-bond donors (Lipinski definition) is 2. The van der Waals surface area contributed by atoms with Gasteiger partial charge in [-0.3, -0.25) is 4.99 Å². The Morgan fingerprint density at radius 1 is 1.07 bits per heavy atom. The van der Waals surface area contributed by atoms with Gasteiger partial charge >= 0.3 is 0 Å². The van der Waals surface area contributed by atoms with Crippen LogP contribution in [0.15, 0.2) is 53.5 Å². The van der Waals surface area contributed by atoms with Gasteiger partial charge < -0.3 is 24.8 Å². The molecule has 0 aliphatic carbocycles. The summed E-state index contributed by atoms with van der Waals surface area (Å²) in [6.45, 7) is 6.48. The largest absolute Gasteiger partial charge is 0.491 e. The standard InChI is InChI=1S/C22H31N3O3.HI/c1-17-8-5-6-11-21(17)28-18(2)15-24-22(23-3)25-16-19-9-7-10-20(14-19)27-13-12-26-4;/h5-11,14,18H,12-13,15-16H2,1-4H3,(H2,23,24,25);1H. The maximum Gasteiger partial charge on any atom is 0.191 e. The third-order valence-electron chi connectivity index (χ3n) is 4.12. The summed E-state index contributed by atoms with van der Waals surface area (Å²) in [6, 6.07) is 16.0. The zero-order valence-corrected chi connectivity index (χ0v) is 19.9. The quantitative estimate of drug-likeness (QED) is 0.219. The number of methoxy groups -OCH3 is 1. The van der Waals surface area contributed by atoms with Crippen molar-refractivity contribution in [3.63, 3.8) is 0 Å². The fourth-order valence-electron chi connectivity index (χ4n) is 2.58. The van der Waals surface area contributed by atoms with Gasteiger partial charge in [0.25, 0.3) is 0 Å². The average molecular weight is 513 g/mol. The summed E-state index contributed by atoms with van der Waals surface area (Å²) in [5, 5.41) is 6.62. The highest BCUT2D eigenvalue weighted by molar-refractivity contribution is 14.0.